The molecule has 0 saturated heterocycles. The van der Waals surface area contributed by atoms with E-state index in [1.54, 1.807) is 6.07 Å². The van der Waals surface area contributed by atoms with Gasteiger partial charge in [-0.1, -0.05) is 0 Å². The highest BCUT2D eigenvalue weighted by Crippen LogP contribution is 2.26. The quantitative estimate of drug-likeness (QED) is 0.851. The van der Waals surface area contributed by atoms with Crippen molar-refractivity contribution in [1.82, 2.24) is 10.6 Å². The average Bonchev–Trinajstić information content (AvgIpc) is 3.21. The Kier molecular flexibility index (Phi) is 3.76. The second-order valence-electron chi connectivity index (χ2n) is 5.76. The maximum atomic E-state index is 13.3. The van der Waals surface area contributed by atoms with Crippen molar-refractivity contribution in [1.29, 1.82) is 0 Å². The molecule has 1 heterocycles. The van der Waals surface area contributed by atoms with Crippen LogP contribution in [0, 0.1) is 12.7 Å². The first-order valence-corrected chi connectivity index (χ1v) is 7.28. The van der Waals surface area contributed by atoms with Crippen LogP contribution in [0.5, 0.6) is 0 Å². The number of nitrogens with one attached hydrogen (secondary N) is 2. The third-order valence-corrected chi connectivity index (χ3v) is 3.90. The highest BCUT2D eigenvalue weighted by Gasteiger charge is 2.20. The highest BCUT2D eigenvalue weighted by molar-refractivity contribution is 5.82. The molecule has 1 aromatic heterocycles. The maximum Gasteiger partial charge on any atom is 0.134 e. The molecule has 1 aliphatic rings. The zero-order valence-electron chi connectivity index (χ0n) is 12.0. The Hall–Kier alpha value is -1.39. The van der Waals surface area contributed by atoms with Crippen LogP contribution in [0.4, 0.5) is 4.39 Å². The molecule has 4 heteroatoms. The third-order valence-electron chi connectivity index (χ3n) is 3.90. The summed E-state index contributed by atoms with van der Waals surface area (Å²) >= 11 is 0. The normalized spacial score (nSPS) is 16.8. The van der Waals surface area contributed by atoms with Crippen LogP contribution in [0.2, 0.25) is 0 Å². The molecule has 0 amide bonds. The van der Waals surface area contributed by atoms with Gasteiger partial charge in [0.2, 0.25) is 0 Å². The van der Waals surface area contributed by atoms with E-state index in [-0.39, 0.29) is 5.82 Å². The second kappa shape index (κ2) is 5.54. The lowest BCUT2D eigenvalue weighted by atomic mass is 10.1. The predicted octanol–water partition coefficient (Wildman–Crippen LogP) is 3.11. The van der Waals surface area contributed by atoms with Gasteiger partial charge in [-0.15, -0.1) is 0 Å². The van der Waals surface area contributed by atoms with Crippen LogP contribution < -0.4 is 10.6 Å². The molecular weight excluding hydrogens is 255 g/mol. The topological polar surface area (TPSA) is 37.2 Å². The Bertz CT molecular complexity index is 604. The largest absolute Gasteiger partial charge is 0.459 e. The summed E-state index contributed by atoms with van der Waals surface area (Å²) in [6.45, 7) is 5.79. The Labute approximate surface area is 118 Å². The van der Waals surface area contributed by atoms with Gasteiger partial charge in [0.15, 0.2) is 0 Å². The summed E-state index contributed by atoms with van der Waals surface area (Å²) in [6, 6.07) is 5.79. The number of rotatable bonds is 6. The smallest absolute Gasteiger partial charge is 0.134 e. The van der Waals surface area contributed by atoms with Crippen LogP contribution in [-0.4, -0.2) is 18.6 Å². The Morgan fingerprint density at radius 3 is 2.95 bits per heavy atom. The molecular formula is C16H21FN2O. The molecule has 1 aromatic carbocycles. The van der Waals surface area contributed by atoms with Crippen molar-refractivity contribution in [2.45, 2.75) is 45.3 Å². The van der Waals surface area contributed by atoms with E-state index in [1.807, 2.05) is 6.92 Å². The molecule has 0 bridgehead atoms. The lowest BCUT2D eigenvalue weighted by Crippen LogP contribution is -2.36. The zero-order valence-corrected chi connectivity index (χ0v) is 12.0. The van der Waals surface area contributed by atoms with Gasteiger partial charge in [-0.05, 0) is 50.5 Å². The van der Waals surface area contributed by atoms with E-state index >= 15 is 0 Å². The van der Waals surface area contributed by atoms with Crippen molar-refractivity contribution in [3.8, 4) is 0 Å². The summed E-state index contributed by atoms with van der Waals surface area (Å²) in [4.78, 5) is 0. The molecule has 2 N–H and O–H groups in total. The standard InChI is InChI=1S/C16H21FN2O/c1-10(8-19-13-4-5-13)18-9-16-11(2)14-7-12(17)3-6-15(14)20-16/h3,6-7,10,13,18-19H,4-5,8-9H2,1-2H3. The van der Waals surface area contributed by atoms with E-state index in [0.29, 0.717) is 12.6 Å². The minimum Gasteiger partial charge on any atom is -0.459 e. The lowest BCUT2D eigenvalue weighted by Gasteiger charge is -2.13. The van der Waals surface area contributed by atoms with Crippen LogP contribution in [-0.2, 0) is 6.54 Å². The number of benzene rings is 1. The molecule has 3 nitrogen and oxygen atoms in total. The van der Waals surface area contributed by atoms with Gasteiger partial charge < -0.3 is 15.1 Å². The molecule has 3 rings (SSSR count). The highest BCUT2D eigenvalue weighted by atomic mass is 19.1. The molecule has 1 aliphatic carbocycles. The van der Waals surface area contributed by atoms with Gasteiger partial charge in [0.05, 0.1) is 6.54 Å². The number of furan rings is 1. The van der Waals surface area contributed by atoms with Gasteiger partial charge in [0.25, 0.3) is 0 Å². The van der Waals surface area contributed by atoms with Crippen LogP contribution >= 0.6 is 0 Å². The third kappa shape index (κ3) is 3.02. The zero-order chi connectivity index (χ0) is 14.1. The molecule has 1 unspecified atom stereocenters. The molecule has 108 valence electrons. The summed E-state index contributed by atoms with van der Waals surface area (Å²) in [5, 5.41) is 7.81. The van der Waals surface area contributed by atoms with E-state index < -0.39 is 0 Å². The van der Waals surface area contributed by atoms with Crippen molar-refractivity contribution in [2.24, 2.45) is 0 Å². The number of aryl methyl sites for hydroxylation is 1. The van der Waals surface area contributed by atoms with Crippen molar-refractivity contribution >= 4 is 11.0 Å². The van der Waals surface area contributed by atoms with Crippen molar-refractivity contribution in [2.75, 3.05) is 6.54 Å². The van der Waals surface area contributed by atoms with E-state index in [1.165, 1.54) is 25.0 Å². The first-order chi connectivity index (χ1) is 9.63. The molecule has 1 atom stereocenters. The molecule has 20 heavy (non-hydrogen) atoms. The van der Waals surface area contributed by atoms with Gasteiger partial charge in [-0.3, -0.25) is 0 Å². The molecule has 0 aliphatic heterocycles. The fourth-order valence-electron chi connectivity index (χ4n) is 2.38. The second-order valence-corrected chi connectivity index (χ2v) is 5.76. The monoisotopic (exact) mass is 276 g/mol. The summed E-state index contributed by atoms with van der Waals surface area (Å²) in [6.07, 6.45) is 2.61. The van der Waals surface area contributed by atoms with Gasteiger partial charge in [0.1, 0.15) is 17.2 Å². The Morgan fingerprint density at radius 2 is 2.20 bits per heavy atom. The number of halogens is 1. The Balaban J connectivity index is 1.63. The Morgan fingerprint density at radius 1 is 1.40 bits per heavy atom. The van der Waals surface area contributed by atoms with Crippen LogP contribution in [0.3, 0.4) is 0 Å². The van der Waals surface area contributed by atoms with Crippen LogP contribution in [0.15, 0.2) is 22.6 Å². The summed E-state index contributed by atoms with van der Waals surface area (Å²) < 4.78 is 19.0. The fraction of sp³-hybridized carbons (Fsp3) is 0.500. The van der Waals surface area contributed by atoms with Crippen LogP contribution in [0.1, 0.15) is 31.1 Å². The number of hydrogen-bond donors (Lipinski definition) is 2. The summed E-state index contributed by atoms with van der Waals surface area (Å²) in [7, 11) is 0. The molecule has 1 fully saturated rings. The van der Waals surface area contributed by atoms with Gasteiger partial charge >= 0.3 is 0 Å². The first kappa shape index (κ1) is 13.6. The fourth-order valence-corrected chi connectivity index (χ4v) is 2.38. The summed E-state index contributed by atoms with van der Waals surface area (Å²) in [5.74, 6) is 0.673. The predicted molar refractivity (Wildman–Crippen MR) is 78.2 cm³/mol. The van der Waals surface area contributed by atoms with Crippen molar-refractivity contribution < 1.29 is 8.81 Å². The minimum absolute atomic E-state index is 0.220. The molecule has 1 saturated carbocycles. The first-order valence-electron chi connectivity index (χ1n) is 7.28. The SMILES string of the molecule is Cc1c(CNC(C)CNC2CC2)oc2ccc(F)cc12. The van der Waals surface area contributed by atoms with E-state index in [9.17, 15) is 4.39 Å². The molecule has 0 spiro atoms. The lowest BCUT2D eigenvalue weighted by molar-refractivity contribution is 0.453. The van der Waals surface area contributed by atoms with Gasteiger partial charge in [0, 0.05) is 24.0 Å². The number of hydrogen-bond acceptors (Lipinski definition) is 3. The van der Waals surface area contributed by atoms with Crippen LogP contribution in [0.25, 0.3) is 11.0 Å². The molecule has 2 aromatic rings. The van der Waals surface area contributed by atoms with E-state index in [4.69, 9.17) is 4.42 Å². The maximum absolute atomic E-state index is 13.3. The summed E-state index contributed by atoms with van der Waals surface area (Å²) in [5.41, 5.74) is 1.78. The van der Waals surface area contributed by atoms with Crippen molar-refractivity contribution in [3.05, 3.63) is 35.3 Å². The average molecular weight is 276 g/mol. The van der Waals surface area contributed by atoms with E-state index in [0.717, 1.165) is 34.9 Å². The molecule has 0 radical (unpaired) electrons. The minimum atomic E-state index is -0.220. The van der Waals surface area contributed by atoms with Gasteiger partial charge in [-0.2, -0.15) is 0 Å². The van der Waals surface area contributed by atoms with Gasteiger partial charge in [-0.25, -0.2) is 4.39 Å². The van der Waals surface area contributed by atoms with Crippen molar-refractivity contribution in [3.63, 3.8) is 0 Å². The van der Waals surface area contributed by atoms with E-state index in [2.05, 4.69) is 17.6 Å². The number of fused-ring (bicyclic) bond motifs is 1.